The fourth-order valence-electron chi connectivity index (χ4n) is 1.82. The molecule has 0 saturated carbocycles. The molecule has 15 heavy (non-hydrogen) atoms. The maximum atomic E-state index is 2.21. The van der Waals surface area contributed by atoms with Gasteiger partial charge in [-0.15, -0.1) is 0 Å². The molecule has 2 aromatic rings. The Bertz CT molecular complexity index is 438. The van der Waals surface area contributed by atoms with Crippen LogP contribution >= 0.6 is 0 Å². The molecule has 0 saturated heterocycles. The summed E-state index contributed by atoms with van der Waals surface area (Å²) >= 11 is 0. The van der Waals surface area contributed by atoms with Crippen molar-refractivity contribution in [2.45, 2.75) is 20.3 Å². The molecule has 0 fully saturated rings. The lowest BCUT2D eigenvalue weighted by Gasteiger charge is -2.06. The van der Waals surface area contributed by atoms with Gasteiger partial charge in [-0.25, -0.2) is 0 Å². The van der Waals surface area contributed by atoms with Crippen molar-refractivity contribution < 1.29 is 0 Å². The van der Waals surface area contributed by atoms with Crippen LogP contribution in [0.25, 0.3) is 11.1 Å². The molecule has 0 aliphatic rings. The average molecular weight is 196 g/mol. The first-order chi connectivity index (χ1) is 7.31. The highest BCUT2D eigenvalue weighted by molar-refractivity contribution is 5.67. The van der Waals surface area contributed by atoms with Crippen LogP contribution < -0.4 is 0 Å². The van der Waals surface area contributed by atoms with E-state index in [0.717, 1.165) is 6.42 Å². The van der Waals surface area contributed by atoms with E-state index < -0.39 is 0 Å². The molecule has 0 radical (unpaired) electrons. The second-order valence-electron chi connectivity index (χ2n) is 3.87. The zero-order valence-corrected chi connectivity index (χ0v) is 9.33. The Morgan fingerprint density at radius 2 is 1.53 bits per heavy atom. The van der Waals surface area contributed by atoms with Gasteiger partial charge in [0.25, 0.3) is 0 Å². The predicted molar refractivity (Wildman–Crippen MR) is 66.0 cm³/mol. The summed E-state index contributed by atoms with van der Waals surface area (Å²) in [6, 6.07) is 17.3. The van der Waals surface area contributed by atoms with Gasteiger partial charge >= 0.3 is 0 Å². The smallest absolute Gasteiger partial charge is 0.0155 e. The quantitative estimate of drug-likeness (QED) is 0.674. The summed E-state index contributed by atoms with van der Waals surface area (Å²) in [5, 5.41) is 0. The van der Waals surface area contributed by atoms with Crippen molar-refractivity contribution in [2.24, 2.45) is 0 Å². The van der Waals surface area contributed by atoms with Crippen LogP contribution in [0.3, 0.4) is 0 Å². The monoisotopic (exact) mass is 196 g/mol. The van der Waals surface area contributed by atoms with E-state index in [0.29, 0.717) is 0 Å². The Labute approximate surface area is 91.6 Å². The van der Waals surface area contributed by atoms with E-state index in [9.17, 15) is 0 Å². The van der Waals surface area contributed by atoms with E-state index in [1.165, 1.54) is 22.3 Å². The molecule has 76 valence electrons. The molecule has 0 aliphatic heterocycles. The topological polar surface area (TPSA) is 0 Å². The van der Waals surface area contributed by atoms with Crippen LogP contribution in [0.5, 0.6) is 0 Å². The van der Waals surface area contributed by atoms with Crippen molar-refractivity contribution in [3.05, 3.63) is 59.7 Å². The standard InChI is InChI=1S/C15H16/c1-3-13-8-10-14(11-9-13)15-7-5-4-6-12(15)2/h4-11H,3H2,1-2H3. The Morgan fingerprint density at radius 3 is 2.13 bits per heavy atom. The molecule has 0 heterocycles. The van der Waals surface area contributed by atoms with Crippen molar-refractivity contribution in [3.8, 4) is 11.1 Å². The Balaban J connectivity index is 2.42. The third kappa shape index (κ3) is 2.10. The summed E-state index contributed by atoms with van der Waals surface area (Å²) in [5.74, 6) is 0. The van der Waals surface area contributed by atoms with E-state index in [1.807, 2.05) is 0 Å². The van der Waals surface area contributed by atoms with Crippen molar-refractivity contribution in [3.63, 3.8) is 0 Å². The highest BCUT2D eigenvalue weighted by Gasteiger charge is 1.99. The maximum absolute atomic E-state index is 2.21. The molecule has 0 N–H and O–H groups in total. The van der Waals surface area contributed by atoms with E-state index in [1.54, 1.807) is 0 Å². The highest BCUT2D eigenvalue weighted by atomic mass is 14.0. The summed E-state index contributed by atoms with van der Waals surface area (Å²) in [7, 11) is 0. The van der Waals surface area contributed by atoms with Crippen LogP contribution in [0.4, 0.5) is 0 Å². The number of rotatable bonds is 2. The molecule has 0 amide bonds. The van der Waals surface area contributed by atoms with Crippen LogP contribution in [0, 0.1) is 6.92 Å². The molecular formula is C15H16. The molecular weight excluding hydrogens is 180 g/mol. The van der Waals surface area contributed by atoms with Crippen molar-refractivity contribution in [1.29, 1.82) is 0 Å². The zero-order chi connectivity index (χ0) is 10.7. The van der Waals surface area contributed by atoms with Gasteiger partial charge in [-0.1, -0.05) is 55.5 Å². The van der Waals surface area contributed by atoms with Gasteiger partial charge in [0.05, 0.1) is 0 Å². The molecule has 0 heteroatoms. The summed E-state index contributed by atoms with van der Waals surface area (Å²) in [6.45, 7) is 4.34. The molecule has 0 atom stereocenters. The molecule has 2 aromatic carbocycles. The van der Waals surface area contributed by atoms with Gasteiger partial charge in [-0.2, -0.15) is 0 Å². The second-order valence-corrected chi connectivity index (χ2v) is 3.87. The van der Waals surface area contributed by atoms with Gasteiger partial charge in [0, 0.05) is 0 Å². The third-order valence-corrected chi connectivity index (χ3v) is 2.82. The van der Waals surface area contributed by atoms with Crippen molar-refractivity contribution in [2.75, 3.05) is 0 Å². The minimum absolute atomic E-state index is 1.11. The van der Waals surface area contributed by atoms with Crippen LogP contribution in [0.1, 0.15) is 18.1 Å². The summed E-state index contributed by atoms with van der Waals surface area (Å²) < 4.78 is 0. The zero-order valence-electron chi connectivity index (χ0n) is 9.33. The minimum Gasteiger partial charge on any atom is -0.0620 e. The van der Waals surface area contributed by atoms with Gasteiger partial charge in [0.2, 0.25) is 0 Å². The Hall–Kier alpha value is -1.56. The first kappa shape index (κ1) is 9.97. The van der Waals surface area contributed by atoms with Crippen LogP contribution in [-0.2, 0) is 6.42 Å². The van der Waals surface area contributed by atoms with Gasteiger partial charge in [-0.05, 0) is 35.6 Å². The normalized spacial score (nSPS) is 10.3. The SMILES string of the molecule is CCc1ccc(-c2ccccc2C)cc1. The van der Waals surface area contributed by atoms with Gasteiger partial charge < -0.3 is 0 Å². The number of benzene rings is 2. The van der Waals surface area contributed by atoms with Crippen LogP contribution in [-0.4, -0.2) is 0 Å². The van der Waals surface area contributed by atoms with Gasteiger partial charge in [-0.3, -0.25) is 0 Å². The van der Waals surface area contributed by atoms with Gasteiger partial charge in [0.15, 0.2) is 0 Å². The van der Waals surface area contributed by atoms with Crippen molar-refractivity contribution in [1.82, 2.24) is 0 Å². The fraction of sp³-hybridized carbons (Fsp3) is 0.200. The summed E-state index contributed by atoms with van der Waals surface area (Å²) in [6.07, 6.45) is 1.11. The second kappa shape index (κ2) is 4.31. The number of hydrogen-bond acceptors (Lipinski definition) is 0. The predicted octanol–water partition coefficient (Wildman–Crippen LogP) is 4.22. The average Bonchev–Trinajstić information content (AvgIpc) is 2.30. The minimum atomic E-state index is 1.11. The van der Waals surface area contributed by atoms with E-state index in [-0.39, 0.29) is 0 Å². The molecule has 0 aliphatic carbocycles. The van der Waals surface area contributed by atoms with Crippen LogP contribution in [0.2, 0.25) is 0 Å². The first-order valence-corrected chi connectivity index (χ1v) is 5.46. The first-order valence-electron chi connectivity index (χ1n) is 5.46. The maximum Gasteiger partial charge on any atom is -0.0155 e. The van der Waals surface area contributed by atoms with Crippen molar-refractivity contribution >= 4 is 0 Å². The van der Waals surface area contributed by atoms with E-state index in [2.05, 4.69) is 62.4 Å². The lowest BCUT2D eigenvalue weighted by atomic mass is 9.99. The summed E-state index contributed by atoms with van der Waals surface area (Å²) in [4.78, 5) is 0. The van der Waals surface area contributed by atoms with E-state index >= 15 is 0 Å². The number of hydrogen-bond donors (Lipinski definition) is 0. The Kier molecular flexibility index (Phi) is 2.86. The highest BCUT2D eigenvalue weighted by Crippen LogP contribution is 2.23. The molecule has 0 bridgehead atoms. The molecule has 0 spiro atoms. The van der Waals surface area contributed by atoms with Gasteiger partial charge in [0.1, 0.15) is 0 Å². The largest absolute Gasteiger partial charge is 0.0620 e. The summed E-state index contributed by atoms with van der Waals surface area (Å²) in [5.41, 5.74) is 5.37. The molecule has 0 aromatic heterocycles. The number of aryl methyl sites for hydroxylation is 2. The van der Waals surface area contributed by atoms with E-state index in [4.69, 9.17) is 0 Å². The molecule has 0 unspecified atom stereocenters. The van der Waals surface area contributed by atoms with Crippen LogP contribution in [0.15, 0.2) is 48.5 Å². The third-order valence-electron chi connectivity index (χ3n) is 2.82. The molecule has 2 rings (SSSR count). The molecule has 0 nitrogen and oxygen atoms in total. The fourth-order valence-corrected chi connectivity index (χ4v) is 1.82. The lowest BCUT2D eigenvalue weighted by molar-refractivity contribution is 1.14. The Morgan fingerprint density at radius 1 is 0.867 bits per heavy atom. The lowest BCUT2D eigenvalue weighted by Crippen LogP contribution is -1.84.